The zero-order valence-corrected chi connectivity index (χ0v) is 11.7. The summed E-state index contributed by atoms with van der Waals surface area (Å²) in [5.41, 5.74) is 3.95. The maximum Gasteiger partial charge on any atom is 0.143 e. The number of fused-ring (bicyclic) bond motifs is 1. The van der Waals surface area contributed by atoms with E-state index in [1.165, 1.54) is 17.0 Å². The Morgan fingerprint density at radius 3 is 2.89 bits per heavy atom. The van der Waals surface area contributed by atoms with Gasteiger partial charge in [0.15, 0.2) is 0 Å². The van der Waals surface area contributed by atoms with Crippen molar-refractivity contribution in [3.8, 4) is 0 Å². The number of para-hydroxylation sites is 1. The third kappa shape index (κ3) is 1.29. The second kappa shape index (κ2) is 3.40. The van der Waals surface area contributed by atoms with Gasteiger partial charge in [-0.15, -0.1) is 0 Å². The molecule has 3 atom stereocenters. The zero-order valence-electron chi connectivity index (χ0n) is 11.7. The summed E-state index contributed by atoms with van der Waals surface area (Å²) >= 11 is 0. The zero-order chi connectivity index (χ0) is 13.3. The van der Waals surface area contributed by atoms with Gasteiger partial charge in [-0.25, -0.2) is 0 Å². The third-order valence-corrected chi connectivity index (χ3v) is 4.69. The Kier molecular flexibility index (Phi) is 2.05. The first kappa shape index (κ1) is 11.5. The van der Waals surface area contributed by atoms with E-state index >= 15 is 0 Å². The summed E-state index contributed by atoms with van der Waals surface area (Å²) in [4.78, 5) is 4.83. The van der Waals surface area contributed by atoms with E-state index in [-0.39, 0.29) is 23.2 Å². The van der Waals surface area contributed by atoms with Crippen molar-refractivity contribution in [1.82, 2.24) is 0 Å². The molecule has 4 rings (SSSR count). The fraction of sp³-hybridized carbons (Fsp3) is 0.562. The predicted molar refractivity (Wildman–Crippen MR) is 76.8 cm³/mol. The Bertz CT molecular complexity index is 572. The van der Waals surface area contributed by atoms with Gasteiger partial charge in [0.05, 0.1) is 11.1 Å². The van der Waals surface area contributed by atoms with Crippen LogP contribution in [0, 0.1) is 5.41 Å². The van der Waals surface area contributed by atoms with Gasteiger partial charge in [-0.05, 0) is 23.5 Å². The molecule has 3 aliphatic rings. The van der Waals surface area contributed by atoms with Crippen LogP contribution in [0.3, 0.4) is 0 Å². The van der Waals surface area contributed by atoms with E-state index in [0.717, 1.165) is 13.0 Å². The van der Waals surface area contributed by atoms with Crippen LogP contribution < -0.4 is 5.32 Å². The minimum Gasteiger partial charge on any atom is -0.359 e. The normalized spacial score (nSPS) is 35.4. The first-order chi connectivity index (χ1) is 9.03. The van der Waals surface area contributed by atoms with E-state index in [1.807, 2.05) is 0 Å². The quantitative estimate of drug-likeness (QED) is 0.774. The summed E-state index contributed by atoms with van der Waals surface area (Å²) in [5, 5.41) is 3.56. The molecule has 0 bridgehead atoms. The summed E-state index contributed by atoms with van der Waals surface area (Å²) in [5.74, 6) is 0. The van der Waals surface area contributed by atoms with E-state index in [0.29, 0.717) is 0 Å². The van der Waals surface area contributed by atoms with Gasteiger partial charge in [-0.3, -0.25) is 4.99 Å². The second-order valence-electron chi connectivity index (χ2n) is 6.94. The molecule has 0 unspecified atom stereocenters. The highest BCUT2D eigenvalue weighted by molar-refractivity contribution is 6.05. The molecular formula is C16H20N2O. The van der Waals surface area contributed by atoms with Gasteiger partial charge in [0.25, 0.3) is 0 Å². The molecule has 0 amide bonds. The summed E-state index contributed by atoms with van der Waals surface area (Å²) in [6.45, 7) is 7.63. The lowest BCUT2D eigenvalue weighted by molar-refractivity contribution is 0.00167. The lowest BCUT2D eigenvalue weighted by Gasteiger charge is -2.28. The second-order valence-corrected chi connectivity index (χ2v) is 6.94. The minimum absolute atomic E-state index is 0.00542. The van der Waals surface area contributed by atoms with Gasteiger partial charge in [0.2, 0.25) is 0 Å². The van der Waals surface area contributed by atoms with Gasteiger partial charge in [-0.2, -0.15) is 0 Å². The standard InChI is InChI=1S/C16H20N2O/c1-15(2,3)13-12-16(8-9-17-12)10-6-4-5-7-11(10)18-14(16)19-13/h4-7,13-14,18H,8-9H2,1-3H3/t13-,14-,16+/m1/s1. The molecule has 0 aromatic heterocycles. The van der Waals surface area contributed by atoms with Gasteiger partial charge in [0, 0.05) is 12.2 Å². The topological polar surface area (TPSA) is 33.6 Å². The molecule has 3 nitrogen and oxygen atoms in total. The van der Waals surface area contributed by atoms with Crippen molar-refractivity contribution < 1.29 is 4.74 Å². The number of hydrogen-bond donors (Lipinski definition) is 1. The van der Waals surface area contributed by atoms with Crippen LogP contribution in [0.1, 0.15) is 32.8 Å². The number of hydrogen-bond acceptors (Lipinski definition) is 3. The molecule has 1 spiro atoms. The molecule has 3 aliphatic heterocycles. The van der Waals surface area contributed by atoms with Crippen molar-refractivity contribution in [2.45, 2.75) is 44.9 Å². The minimum atomic E-state index is -0.00542. The van der Waals surface area contributed by atoms with Crippen molar-refractivity contribution in [2.75, 3.05) is 11.9 Å². The average Bonchev–Trinajstić information content (AvgIpc) is 2.95. The molecule has 3 heterocycles. The number of ether oxygens (including phenoxy) is 1. The van der Waals surface area contributed by atoms with Crippen molar-refractivity contribution in [3.05, 3.63) is 29.8 Å². The molecule has 1 aromatic carbocycles. The smallest absolute Gasteiger partial charge is 0.143 e. The first-order valence-electron chi connectivity index (χ1n) is 7.10. The van der Waals surface area contributed by atoms with Crippen molar-refractivity contribution >= 4 is 11.4 Å². The summed E-state index contributed by atoms with van der Waals surface area (Å²) in [6, 6.07) is 8.58. The molecule has 0 radical (unpaired) electrons. The summed E-state index contributed by atoms with van der Waals surface area (Å²) in [7, 11) is 0. The maximum atomic E-state index is 6.35. The van der Waals surface area contributed by atoms with E-state index < -0.39 is 0 Å². The van der Waals surface area contributed by atoms with Crippen LogP contribution in [0.4, 0.5) is 5.69 Å². The van der Waals surface area contributed by atoms with E-state index in [1.54, 1.807) is 0 Å². The number of anilines is 1. The number of nitrogens with one attached hydrogen (secondary N) is 1. The molecule has 19 heavy (non-hydrogen) atoms. The van der Waals surface area contributed by atoms with Gasteiger partial charge < -0.3 is 10.1 Å². The van der Waals surface area contributed by atoms with Gasteiger partial charge in [-0.1, -0.05) is 39.0 Å². The number of rotatable bonds is 0. The van der Waals surface area contributed by atoms with Gasteiger partial charge in [0.1, 0.15) is 12.3 Å². The van der Waals surface area contributed by atoms with Crippen LogP contribution in [0.2, 0.25) is 0 Å². The Labute approximate surface area is 114 Å². The molecule has 0 aliphatic carbocycles. The highest BCUT2D eigenvalue weighted by Crippen LogP contribution is 2.54. The van der Waals surface area contributed by atoms with Gasteiger partial charge >= 0.3 is 0 Å². The van der Waals surface area contributed by atoms with Crippen molar-refractivity contribution in [1.29, 1.82) is 0 Å². The Balaban J connectivity index is 1.88. The molecule has 1 aromatic rings. The SMILES string of the molecule is CC(C)(C)[C@@H]1O[C@H]2Nc3ccccc3[C@]23CCN=C13. The molecule has 100 valence electrons. The Morgan fingerprint density at radius 2 is 2.11 bits per heavy atom. The van der Waals surface area contributed by atoms with E-state index in [2.05, 4.69) is 50.4 Å². The molecule has 1 fully saturated rings. The van der Waals surface area contributed by atoms with Crippen LogP contribution in [-0.4, -0.2) is 24.6 Å². The molecule has 0 saturated carbocycles. The summed E-state index contributed by atoms with van der Waals surface area (Å²) < 4.78 is 6.35. The van der Waals surface area contributed by atoms with Crippen molar-refractivity contribution in [3.63, 3.8) is 0 Å². The predicted octanol–water partition coefficient (Wildman–Crippen LogP) is 2.97. The van der Waals surface area contributed by atoms with Crippen LogP contribution >= 0.6 is 0 Å². The molecule has 3 heteroatoms. The Hall–Kier alpha value is -1.35. The highest BCUT2D eigenvalue weighted by Gasteiger charge is 2.62. The van der Waals surface area contributed by atoms with Crippen LogP contribution in [0.25, 0.3) is 0 Å². The summed E-state index contributed by atoms with van der Waals surface area (Å²) in [6.07, 6.45) is 1.26. The maximum absolute atomic E-state index is 6.35. The molecule has 1 saturated heterocycles. The lowest BCUT2D eigenvalue weighted by Crippen LogP contribution is -2.40. The van der Waals surface area contributed by atoms with E-state index in [9.17, 15) is 0 Å². The fourth-order valence-corrected chi connectivity index (χ4v) is 3.85. The number of nitrogens with zero attached hydrogens (tertiary/aromatic N) is 1. The highest BCUT2D eigenvalue weighted by atomic mass is 16.5. The van der Waals surface area contributed by atoms with Crippen LogP contribution in [0.15, 0.2) is 29.3 Å². The lowest BCUT2D eigenvalue weighted by atomic mass is 9.72. The monoisotopic (exact) mass is 256 g/mol. The number of aliphatic imine (C=N–C) groups is 1. The third-order valence-electron chi connectivity index (χ3n) is 4.69. The average molecular weight is 256 g/mol. The Morgan fingerprint density at radius 1 is 1.32 bits per heavy atom. The van der Waals surface area contributed by atoms with Crippen LogP contribution in [0.5, 0.6) is 0 Å². The molecule has 1 N–H and O–H groups in total. The van der Waals surface area contributed by atoms with Crippen LogP contribution in [-0.2, 0) is 10.2 Å². The van der Waals surface area contributed by atoms with Crippen molar-refractivity contribution in [2.24, 2.45) is 10.4 Å². The fourth-order valence-electron chi connectivity index (χ4n) is 3.85. The molecular weight excluding hydrogens is 236 g/mol. The first-order valence-corrected chi connectivity index (χ1v) is 7.10. The largest absolute Gasteiger partial charge is 0.359 e. The van der Waals surface area contributed by atoms with E-state index in [4.69, 9.17) is 9.73 Å². The number of benzene rings is 1.